The molecule has 1 N–H and O–H groups in total. The van der Waals surface area contributed by atoms with E-state index in [-0.39, 0.29) is 48.2 Å². The van der Waals surface area contributed by atoms with Crippen molar-refractivity contribution < 1.29 is 53.5 Å². The van der Waals surface area contributed by atoms with Gasteiger partial charge in [-0.15, -0.1) is 0 Å². The quantitative estimate of drug-likeness (QED) is 0.458. The minimum Gasteiger partial charge on any atom is -0.497 e. The lowest BCUT2D eigenvalue weighted by molar-refractivity contribution is -0.126. The van der Waals surface area contributed by atoms with Crippen molar-refractivity contribution >= 4 is 39.0 Å². The van der Waals surface area contributed by atoms with Crippen molar-refractivity contribution in [2.75, 3.05) is 47.2 Å². The number of ether oxygens (including phenoxy) is 2. The summed E-state index contributed by atoms with van der Waals surface area (Å²) in [7, 11) is -7.42. The molecule has 11 heteroatoms. The summed E-state index contributed by atoms with van der Waals surface area (Å²) in [6.07, 6.45) is -9.42. The van der Waals surface area contributed by atoms with E-state index in [1.165, 1.54) is 6.07 Å². The van der Waals surface area contributed by atoms with Crippen LogP contribution in [-0.2, 0) is 26.2 Å². The highest BCUT2D eigenvalue weighted by Crippen LogP contribution is 2.47. The third kappa shape index (κ3) is 5.57. The molecule has 2 aromatic carbocycles. The first-order chi connectivity index (χ1) is 27.8. The molecule has 2 aliphatic heterocycles. The van der Waals surface area contributed by atoms with Crippen molar-refractivity contribution in [3.8, 4) is 17.0 Å². The SMILES string of the molecule is [2H]C([2H])([2H])Oc1ccc2c(c1)C=C1C(=O)N(C)C([2H])([2H])C([2H])([2H])OC([2H])([2H])C([2H])([2H])N(C)S(=O)(=O)NC(=O)c3ccc4c(C5CC([2H])([2H])C([2H])([2H])C([2H])([2H])C5)c-2n(c4c3)C1([2H])[2H]. The van der Waals surface area contributed by atoms with Crippen molar-refractivity contribution in [3.05, 3.63) is 58.7 Å². The largest absolute Gasteiger partial charge is 0.497 e. The Bertz CT molecular complexity index is 2520. The number of hydrogen-bond acceptors (Lipinski definition) is 6. The molecule has 3 aliphatic rings. The molecule has 3 heterocycles. The molecule has 0 spiro atoms. The maximum Gasteiger partial charge on any atom is 0.303 e. The number of likely N-dealkylation sites (N-methyl/N-ethyl adjacent to an activating group) is 2. The molecule has 43 heavy (non-hydrogen) atoms. The molecular weight excluding hydrogens is 568 g/mol. The number of rotatable bonds is 2. The molecule has 6 rings (SSSR count). The van der Waals surface area contributed by atoms with Gasteiger partial charge in [0.25, 0.3) is 11.8 Å². The number of hydrogen-bond donors (Lipinski definition) is 1. The number of nitrogens with one attached hydrogen (secondary N) is 1. The van der Waals surface area contributed by atoms with Crippen LogP contribution < -0.4 is 9.46 Å². The zero-order chi connectivity index (χ0) is 47.1. The highest BCUT2D eigenvalue weighted by Gasteiger charge is 2.31. The summed E-state index contributed by atoms with van der Waals surface area (Å²) in [6.45, 7) is -19.3. The molecule has 0 unspecified atom stereocenters. The van der Waals surface area contributed by atoms with Gasteiger partial charge in [0, 0.05) is 65.7 Å². The third-order valence-corrected chi connectivity index (χ3v) is 8.37. The summed E-state index contributed by atoms with van der Waals surface area (Å²) in [5, 5.41) is -0.0576. The van der Waals surface area contributed by atoms with Crippen LogP contribution in [0.25, 0.3) is 28.2 Å². The van der Waals surface area contributed by atoms with Gasteiger partial charge in [-0.3, -0.25) is 9.59 Å². The van der Waals surface area contributed by atoms with Crippen molar-refractivity contribution in [2.45, 2.75) is 44.4 Å². The van der Waals surface area contributed by atoms with E-state index < -0.39 is 111 Å². The second-order valence-corrected chi connectivity index (χ2v) is 11.4. The number of carbonyl (C=O) groups is 2. The van der Waals surface area contributed by atoms with Gasteiger partial charge in [-0.1, -0.05) is 25.2 Å². The topological polar surface area (TPSA) is 110 Å². The lowest BCUT2D eigenvalue weighted by Gasteiger charge is -2.24. The van der Waals surface area contributed by atoms with Crippen LogP contribution >= 0.6 is 0 Å². The van der Waals surface area contributed by atoms with E-state index in [0.717, 1.165) is 41.0 Å². The molecule has 4 bridgehead atoms. The van der Waals surface area contributed by atoms with Crippen LogP contribution in [0.5, 0.6) is 5.75 Å². The van der Waals surface area contributed by atoms with Crippen LogP contribution in [0, 0.1) is 0 Å². The molecule has 1 aromatic heterocycles. The minimum absolute atomic E-state index is 0.0241. The van der Waals surface area contributed by atoms with Crippen LogP contribution in [0.3, 0.4) is 0 Å². The summed E-state index contributed by atoms with van der Waals surface area (Å²) in [4.78, 5) is 28.4. The molecule has 1 saturated carbocycles. The highest BCUT2D eigenvalue weighted by molar-refractivity contribution is 7.87. The predicted molar refractivity (Wildman–Crippen MR) is 165 cm³/mol. The first-order valence-corrected chi connectivity index (χ1v) is 14.2. The third-order valence-electron chi connectivity index (χ3n) is 7.12. The van der Waals surface area contributed by atoms with Crippen LogP contribution in [0.1, 0.15) is 85.4 Å². The Kier molecular flexibility index (Phi) is 3.95. The van der Waals surface area contributed by atoms with Crippen molar-refractivity contribution in [3.63, 3.8) is 0 Å². The fourth-order valence-electron chi connectivity index (χ4n) is 5.03. The molecular formula is C32H38N4O6S. The molecule has 1 fully saturated rings. The molecule has 0 saturated heterocycles. The normalized spacial score (nSPS) is 36.7. The second kappa shape index (κ2) is 11.8. The summed E-state index contributed by atoms with van der Waals surface area (Å²) >= 11 is 0. The van der Waals surface area contributed by atoms with Crippen LogP contribution in [0.4, 0.5) is 0 Å². The number of fused-ring (bicyclic) bond motifs is 4. The Morgan fingerprint density at radius 3 is 2.63 bits per heavy atom. The van der Waals surface area contributed by atoms with Crippen LogP contribution in [0.2, 0.25) is 0 Å². The highest BCUT2D eigenvalue weighted by atomic mass is 32.2. The van der Waals surface area contributed by atoms with Gasteiger partial charge in [-0.05, 0) is 66.3 Å². The fourth-order valence-corrected chi connectivity index (χ4v) is 5.68. The Morgan fingerprint density at radius 2 is 1.84 bits per heavy atom. The molecule has 228 valence electrons. The average Bonchev–Trinajstić information content (AvgIpc) is 3.40. The van der Waals surface area contributed by atoms with Gasteiger partial charge in [0.1, 0.15) is 5.75 Å². The van der Waals surface area contributed by atoms with Crippen molar-refractivity contribution in [2.24, 2.45) is 0 Å². The zero-order valence-electron chi connectivity index (χ0n) is 41.7. The number of aromatic nitrogens is 1. The monoisotopic (exact) mass is 625 g/mol. The number of nitrogens with zero attached hydrogens (tertiary/aromatic N) is 3. The molecule has 3 aromatic rings. The Hall–Kier alpha value is -3.67. The standard InChI is InChI=1S/C32H38N4O6S/c1-34-13-15-42-16-14-35(2)43(39,40)33-31(37)22-9-11-27-28(19-22)36-20-24(32(34)38)17-23-18-25(41-3)10-12-26(23)30(36)29(27)21-7-5-4-6-8-21/h9-12,17-19,21H,4-8,13-16,20H2,1-3H3,(H,33,37)/i3D3,4D2,5D2,6D2,13D2,14D2,15D2,16D2,20D2. The zero-order valence-corrected chi connectivity index (χ0v) is 23.5. The van der Waals surface area contributed by atoms with E-state index >= 15 is 0 Å². The van der Waals surface area contributed by atoms with Gasteiger partial charge >= 0.3 is 10.2 Å². The predicted octanol–water partition coefficient (Wildman–Crippen LogP) is 4.16. The summed E-state index contributed by atoms with van der Waals surface area (Å²) in [5.74, 6) is -4.89. The maximum absolute atomic E-state index is 14.7. The summed E-state index contributed by atoms with van der Waals surface area (Å²) in [5.41, 5.74) is -2.59. The van der Waals surface area contributed by atoms with Crippen LogP contribution in [-0.4, -0.2) is 81.2 Å². The number of methoxy groups -OCH3 is 1. The van der Waals surface area contributed by atoms with Gasteiger partial charge in [0.15, 0.2) is 0 Å². The first kappa shape index (κ1) is 14.4. The summed E-state index contributed by atoms with van der Waals surface area (Å²) in [6, 6.07) is 6.55. The molecule has 1 aliphatic carbocycles. The van der Waals surface area contributed by atoms with E-state index in [1.807, 2.05) is 0 Å². The Morgan fingerprint density at radius 1 is 1.05 bits per heavy atom. The minimum atomic E-state index is -5.46. The number of benzene rings is 2. The Balaban J connectivity index is 1.78. The Labute approximate surface area is 279 Å². The fraction of sp³-hybridized carbons (Fsp3) is 0.438. The molecule has 2 amide bonds. The summed E-state index contributed by atoms with van der Waals surface area (Å²) < 4.78 is 200. The van der Waals surface area contributed by atoms with E-state index in [9.17, 15) is 20.7 Å². The van der Waals surface area contributed by atoms with Crippen molar-refractivity contribution in [1.82, 2.24) is 18.5 Å². The van der Waals surface area contributed by atoms with Crippen LogP contribution in [0.15, 0.2) is 42.0 Å². The lowest BCUT2D eigenvalue weighted by Crippen LogP contribution is -2.42. The molecule has 10 nitrogen and oxygen atoms in total. The van der Waals surface area contributed by atoms with E-state index in [4.69, 9.17) is 32.8 Å². The van der Waals surface area contributed by atoms with Gasteiger partial charge in [0.2, 0.25) is 0 Å². The van der Waals surface area contributed by atoms with Crippen molar-refractivity contribution in [1.29, 1.82) is 0 Å². The maximum atomic E-state index is 14.7. The average molecular weight is 626 g/mol. The second-order valence-electron chi connectivity index (χ2n) is 9.73. The van der Waals surface area contributed by atoms with E-state index in [1.54, 1.807) is 4.72 Å². The first-order valence-electron chi connectivity index (χ1n) is 22.3. The lowest BCUT2D eigenvalue weighted by atomic mass is 9.81. The van der Waals surface area contributed by atoms with E-state index in [2.05, 4.69) is 0 Å². The number of carbonyl (C=O) groups excluding carboxylic acids is 2. The number of amides is 2. The van der Waals surface area contributed by atoms with Gasteiger partial charge in [-0.25, -0.2) is 4.72 Å². The van der Waals surface area contributed by atoms with Gasteiger partial charge in [-0.2, -0.15) is 12.7 Å². The smallest absolute Gasteiger partial charge is 0.303 e. The van der Waals surface area contributed by atoms with Gasteiger partial charge in [0.05, 0.1) is 47.4 Å². The molecule has 0 atom stereocenters. The molecule has 0 radical (unpaired) electrons. The van der Waals surface area contributed by atoms with E-state index in [0.29, 0.717) is 14.1 Å². The van der Waals surface area contributed by atoms with Gasteiger partial charge < -0.3 is 18.9 Å².